The summed E-state index contributed by atoms with van der Waals surface area (Å²) >= 11 is 0. The van der Waals surface area contributed by atoms with Crippen molar-refractivity contribution >= 4 is 34.3 Å². The summed E-state index contributed by atoms with van der Waals surface area (Å²) in [7, 11) is 1.73. The lowest BCUT2D eigenvalue weighted by atomic mass is 9.95. The van der Waals surface area contributed by atoms with E-state index < -0.39 is 70.0 Å². The highest BCUT2D eigenvalue weighted by Gasteiger charge is 2.40. The second-order valence-corrected chi connectivity index (χ2v) is 11.1. The summed E-state index contributed by atoms with van der Waals surface area (Å²) < 4.78 is 107. The first kappa shape index (κ1) is 41.2. The normalized spacial score (nSPS) is 15.1. The molecule has 17 heteroatoms. The van der Waals surface area contributed by atoms with E-state index in [0.717, 1.165) is 13.0 Å². The van der Waals surface area contributed by atoms with Crippen LogP contribution in [0, 0.1) is 24.5 Å². The van der Waals surface area contributed by atoms with Gasteiger partial charge in [0, 0.05) is 25.2 Å². The maximum Gasteiger partial charge on any atom is 0.417 e. The number of fused-ring (bicyclic) bond motifs is 1. The van der Waals surface area contributed by atoms with Gasteiger partial charge in [-0.05, 0) is 44.9 Å². The number of pyridine rings is 1. The molecular weight excluding hydrogens is 666 g/mol. The van der Waals surface area contributed by atoms with Crippen LogP contribution in [0.5, 0.6) is 0 Å². The van der Waals surface area contributed by atoms with E-state index in [2.05, 4.69) is 25.6 Å². The third kappa shape index (κ3) is 9.36. The van der Waals surface area contributed by atoms with Gasteiger partial charge in [0.1, 0.15) is 28.9 Å². The largest absolute Gasteiger partial charge is 0.480 e. The molecule has 2 unspecified atom stereocenters. The summed E-state index contributed by atoms with van der Waals surface area (Å²) in [6.45, 7) is 10.6. The van der Waals surface area contributed by atoms with Crippen LogP contribution in [0.4, 0.5) is 52.6 Å². The molecule has 3 heterocycles. The molecule has 0 radical (unpaired) electrons. The predicted octanol–water partition coefficient (Wildman–Crippen LogP) is 7.75. The average Bonchev–Trinajstić information content (AvgIpc) is 3.00. The summed E-state index contributed by atoms with van der Waals surface area (Å²) in [5.41, 5.74) is 1.41. The number of hydrogen-bond acceptors (Lipinski definition) is 8. The number of likely N-dealkylation sites (N-methyl/N-ethyl adjacent to an activating group) is 1. The van der Waals surface area contributed by atoms with E-state index in [9.17, 15) is 40.6 Å². The maximum absolute atomic E-state index is 16.3. The molecule has 0 bridgehead atoms. The fraction of sp³-hybridized carbons (Fsp3) is 0.562. The summed E-state index contributed by atoms with van der Waals surface area (Å²) in [5.74, 6) is -4.61. The highest BCUT2D eigenvalue weighted by Crippen LogP contribution is 2.44. The second-order valence-electron chi connectivity index (χ2n) is 11.1. The number of aromatic nitrogens is 3. The Morgan fingerprint density at radius 3 is 2.16 bits per heavy atom. The van der Waals surface area contributed by atoms with Crippen LogP contribution in [-0.4, -0.2) is 64.9 Å². The number of aliphatic carboxylic acids is 1. The van der Waals surface area contributed by atoms with E-state index >= 15 is 4.39 Å². The van der Waals surface area contributed by atoms with Gasteiger partial charge >= 0.3 is 18.3 Å². The number of nitrogens with zero attached hydrogens (tertiary/aromatic N) is 4. The van der Waals surface area contributed by atoms with Crippen LogP contribution in [0.2, 0.25) is 0 Å². The van der Waals surface area contributed by atoms with Crippen LogP contribution in [0.25, 0.3) is 22.2 Å². The lowest BCUT2D eigenvalue weighted by Crippen LogP contribution is -2.53. The van der Waals surface area contributed by atoms with Crippen molar-refractivity contribution in [1.82, 2.24) is 20.3 Å². The molecule has 1 fully saturated rings. The number of carboxylic acids is 1. The fourth-order valence-electron chi connectivity index (χ4n) is 4.88. The Morgan fingerprint density at radius 1 is 1.08 bits per heavy atom. The van der Waals surface area contributed by atoms with Gasteiger partial charge in [0.2, 0.25) is 5.95 Å². The zero-order valence-corrected chi connectivity index (χ0v) is 28.4. The van der Waals surface area contributed by atoms with Crippen LogP contribution < -0.4 is 21.3 Å². The van der Waals surface area contributed by atoms with E-state index in [1.807, 2.05) is 20.8 Å². The number of benzene rings is 1. The number of nitrogen functional groups attached to an aromatic ring is 1. The molecule has 274 valence electrons. The molecule has 3 aromatic rings. The molecule has 0 spiro atoms. The minimum atomic E-state index is -5.04. The number of hydrogen-bond donors (Lipinski definition) is 4. The minimum absolute atomic E-state index is 0.0857. The van der Waals surface area contributed by atoms with Gasteiger partial charge in [-0.25, -0.2) is 23.5 Å². The third-order valence-corrected chi connectivity index (χ3v) is 7.80. The maximum atomic E-state index is 16.3. The van der Waals surface area contributed by atoms with Crippen LogP contribution in [-0.2, 0) is 17.4 Å². The number of aryl methyl sites for hydroxylation is 1. The van der Waals surface area contributed by atoms with Crippen molar-refractivity contribution in [3.05, 3.63) is 34.5 Å². The van der Waals surface area contributed by atoms with Gasteiger partial charge in [-0.15, -0.1) is 0 Å². The molecule has 0 amide bonds. The number of carbonyl (C=O) groups is 1. The fourth-order valence-corrected chi connectivity index (χ4v) is 4.88. The highest BCUT2D eigenvalue weighted by atomic mass is 19.4. The van der Waals surface area contributed by atoms with Crippen molar-refractivity contribution in [2.75, 3.05) is 42.6 Å². The summed E-state index contributed by atoms with van der Waals surface area (Å²) in [4.78, 5) is 26.1. The number of nitrogens with one attached hydrogen (secondary N) is 2. The van der Waals surface area contributed by atoms with E-state index in [1.165, 1.54) is 18.7 Å². The zero-order valence-electron chi connectivity index (χ0n) is 28.4. The first-order valence-corrected chi connectivity index (χ1v) is 15.9. The first-order chi connectivity index (χ1) is 22.9. The second kappa shape index (κ2) is 17.1. The van der Waals surface area contributed by atoms with Crippen molar-refractivity contribution in [2.45, 2.75) is 85.6 Å². The molecule has 4 rings (SSSR count). The van der Waals surface area contributed by atoms with Crippen LogP contribution in [0.1, 0.15) is 70.7 Å². The number of anilines is 3. The van der Waals surface area contributed by atoms with Gasteiger partial charge in [-0.3, -0.25) is 0 Å². The molecule has 1 saturated heterocycles. The number of alkyl halides is 6. The molecule has 2 aromatic heterocycles. The number of nitrogens with two attached hydrogens (primary N) is 1. The van der Waals surface area contributed by atoms with E-state index in [4.69, 9.17) is 5.73 Å². The predicted molar refractivity (Wildman–Crippen MR) is 173 cm³/mol. The molecule has 5 N–H and O–H groups in total. The minimum Gasteiger partial charge on any atom is -0.480 e. The van der Waals surface area contributed by atoms with Gasteiger partial charge < -0.3 is 26.4 Å². The van der Waals surface area contributed by atoms with E-state index in [0.29, 0.717) is 32.5 Å². The van der Waals surface area contributed by atoms with Crippen molar-refractivity contribution < 1.29 is 45.0 Å². The summed E-state index contributed by atoms with van der Waals surface area (Å²) in [5, 5.41) is 15.7. The van der Waals surface area contributed by atoms with Gasteiger partial charge in [-0.2, -0.15) is 31.3 Å². The van der Waals surface area contributed by atoms with Gasteiger partial charge in [0.25, 0.3) is 0 Å². The Hall–Kier alpha value is -4.02. The van der Waals surface area contributed by atoms with E-state index in [1.54, 1.807) is 7.05 Å². The molecule has 2 atom stereocenters. The monoisotopic (exact) mass is 709 g/mol. The lowest BCUT2D eigenvalue weighted by molar-refractivity contribution is -0.170. The van der Waals surface area contributed by atoms with E-state index in [-0.39, 0.29) is 41.2 Å². The molecule has 0 aliphatic carbocycles. The van der Waals surface area contributed by atoms with Crippen LogP contribution in [0.3, 0.4) is 0 Å². The van der Waals surface area contributed by atoms with Gasteiger partial charge in [0.05, 0.1) is 28.2 Å². The molecule has 9 nitrogen and oxygen atoms in total. The highest BCUT2D eigenvalue weighted by molar-refractivity contribution is 5.95. The first-order valence-electron chi connectivity index (χ1n) is 15.9. The molecule has 1 aliphatic heterocycles. The average molecular weight is 710 g/mol. The Labute approximate surface area is 279 Å². The molecule has 1 aromatic carbocycles. The van der Waals surface area contributed by atoms with Crippen molar-refractivity contribution in [3.63, 3.8) is 0 Å². The third-order valence-electron chi connectivity index (χ3n) is 7.80. The smallest absolute Gasteiger partial charge is 0.417 e. The topological polar surface area (TPSA) is 129 Å². The summed E-state index contributed by atoms with van der Waals surface area (Å²) in [6.07, 6.45) is -7.78. The number of rotatable bonds is 10. The SMILES string of the molecule is CC.CCC(C)C(F)(F)F.CCCc1nc(-c2cc(N)c(F)c(C)c2C(F)(F)F)c(F)c2nc(N3CCC3C(=O)O)nc(NCCNC)c12. The molecule has 49 heavy (non-hydrogen) atoms. The van der Waals surface area contributed by atoms with Gasteiger partial charge in [-0.1, -0.05) is 41.0 Å². The van der Waals surface area contributed by atoms with Crippen molar-refractivity contribution in [2.24, 2.45) is 5.92 Å². The Morgan fingerprint density at radius 2 is 1.71 bits per heavy atom. The standard InChI is InChI=1S/C25H28F5N7O2.C5H9F3.C2H6/c1-4-5-14-16-21(35-24(36-22(16)33-8-7-32-3)37-9-6-15(37)23(38)39)19(27)20(34-14)12-10-13(31)18(26)11(2)17(12)25(28,29)30;1-3-4(2)5(6,7)8;1-2/h10,15,32H,4-9,31H2,1-3H3,(H,38,39)(H,33,35,36);4H,3H2,1-2H3;1-2H3. The summed E-state index contributed by atoms with van der Waals surface area (Å²) in [6, 6.07) is -0.203. The number of halogens is 8. The molecular formula is C32H43F8N7O2. The molecule has 0 saturated carbocycles. The lowest BCUT2D eigenvalue weighted by Gasteiger charge is -2.38. The Balaban J connectivity index is 0.000000732. The van der Waals surface area contributed by atoms with Gasteiger partial charge in [0.15, 0.2) is 5.82 Å². The van der Waals surface area contributed by atoms with Crippen LogP contribution >= 0.6 is 0 Å². The molecule has 1 aliphatic rings. The quantitative estimate of drug-likeness (QED) is 0.0949. The Bertz CT molecular complexity index is 1600. The zero-order chi connectivity index (χ0) is 37.4. The Kier molecular flexibility index (Phi) is 14.3. The van der Waals surface area contributed by atoms with Crippen molar-refractivity contribution in [3.8, 4) is 11.3 Å². The van der Waals surface area contributed by atoms with Crippen molar-refractivity contribution in [1.29, 1.82) is 0 Å². The van der Waals surface area contributed by atoms with Crippen LogP contribution in [0.15, 0.2) is 6.07 Å². The number of carboxylic acid groups (broad SMARTS) is 1.